The zero-order chi connectivity index (χ0) is 20.8. The number of aryl methyl sites for hydroxylation is 2. The number of alkyl halides is 7. The zero-order valence-corrected chi connectivity index (χ0v) is 16.0. The van der Waals surface area contributed by atoms with Gasteiger partial charge in [-0.3, -0.25) is 0 Å². The lowest BCUT2D eigenvalue weighted by molar-refractivity contribution is -0.330. The number of hydrogen-bond donors (Lipinski definition) is 0. The van der Waals surface area contributed by atoms with Crippen LogP contribution in [0.5, 0.6) is 0 Å². The van der Waals surface area contributed by atoms with Gasteiger partial charge in [0.1, 0.15) is 0 Å². The lowest BCUT2D eigenvalue weighted by Gasteiger charge is -2.28. The molecule has 27 heavy (non-hydrogen) atoms. The Kier molecular flexibility index (Phi) is 6.05. The summed E-state index contributed by atoms with van der Waals surface area (Å²) in [6.07, 6.45) is -6.40. The maximum absolute atomic E-state index is 13.9. The molecular weight excluding hydrogens is 440 g/mol. The normalized spacial score (nSPS) is 13.1. The van der Waals surface area contributed by atoms with Gasteiger partial charge in [0.15, 0.2) is 0 Å². The first-order valence-corrected chi connectivity index (χ1v) is 8.82. The van der Waals surface area contributed by atoms with Crippen molar-refractivity contribution >= 4 is 35.0 Å². The molecule has 2 rings (SSSR count). The first-order valence-electron chi connectivity index (χ1n) is 7.25. The lowest BCUT2D eigenvalue weighted by Crippen LogP contribution is -2.49. The third-order valence-electron chi connectivity index (χ3n) is 3.60. The minimum Gasteiger partial charge on any atom is -0.188 e. The number of hydrogen-bond acceptors (Lipinski definition) is 1. The smallest absolute Gasteiger partial charge is 0.188 e. The van der Waals surface area contributed by atoms with Crippen molar-refractivity contribution in [2.24, 2.45) is 0 Å². The van der Waals surface area contributed by atoms with Crippen LogP contribution in [-0.2, 0) is 0 Å². The van der Waals surface area contributed by atoms with E-state index in [2.05, 4.69) is 0 Å². The van der Waals surface area contributed by atoms with E-state index in [1.165, 1.54) is 32.0 Å². The molecule has 0 spiro atoms. The fourth-order valence-electron chi connectivity index (χ4n) is 2.41. The van der Waals surface area contributed by atoms with Gasteiger partial charge in [-0.2, -0.15) is 30.7 Å². The summed E-state index contributed by atoms with van der Waals surface area (Å²) in [5.74, 6) is -6.22. The fraction of sp³-hybridized carbons (Fsp3) is 0.294. The van der Waals surface area contributed by atoms with Crippen LogP contribution in [0.2, 0.25) is 10.0 Å². The Morgan fingerprint density at radius 2 is 1.44 bits per heavy atom. The molecule has 0 aliphatic rings. The number of halogens is 9. The van der Waals surface area contributed by atoms with Crippen LogP contribution in [0.4, 0.5) is 30.7 Å². The van der Waals surface area contributed by atoms with Crippen molar-refractivity contribution in [3.63, 3.8) is 0 Å². The second-order valence-corrected chi connectivity index (χ2v) is 7.77. The summed E-state index contributed by atoms with van der Waals surface area (Å²) >= 11 is 11.0. The Balaban J connectivity index is 2.64. The molecule has 0 N–H and O–H groups in total. The van der Waals surface area contributed by atoms with Gasteiger partial charge < -0.3 is 0 Å². The first-order chi connectivity index (χ1) is 12.2. The van der Waals surface area contributed by atoms with E-state index in [0.717, 1.165) is 6.07 Å². The van der Waals surface area contributed by atoms with Gasteiger partial charge in [-0.15, -0.1) is 0 Å². The van der Waals surface area contributed by atoms with Crippen LogP contribution >= 0.6 is 35.0 Å². The lowest BCUT2D eigenvalue weighted by atomic mass is 9.98. The van der Waals surface area contributed by atoms with Gasteiger partial charge in [-0.1, -0.05) is 35.3 Å². The first kappa shape index (κ1) is 22.2. The second kappa shape index (κ2) is 7.37. The molecule has 0 nitrogen and oxygen atoms in total. The van der Waals surface area contributed by atoms with Gasteiger partial charge in [0.25, 0.3) is 0 Å². The van der Waals surface area contributed by atoms with Crippen molar-refractivity contribution in [1.82, 2.24) is 0 Å². The van der Waals surface area contributed by atoms with E-state index < -0.39 is 34.0 Å². The minimum absolute atomic E-state index is 0.0323. The summed E-state index contributed by atoms with van der Waals surface area (Å²) in [5, 5.41) is -5.14. The summed E-state index contributed by atoms with van der Waals surface area (Å²) in [7, 11) is 0. The standard InChI is InChI=1S/C17H11Cl2F7S/c1-8-5-9(2)14(11-4-3-10(18)7-12(11)19)13(6-8)27-17(25,26)15(20,21)16(22,23)24/h3-7H,1-2H3. The monoisotopic (exact) mass is 450 g/mol. The van der Waals surface area contributed by atoms with Crippen molar-refractivity contribution < 1.29 is 30.7 Å². The molecule has 2 aromatic rings. The molecule has 148 valence electrons. The highest BCUT2D eigenvalue weighted by Gasteiger charge is 2.73. The highest BCUT2D eigenvalue weighted by atomic mass is 35.5. The minimum atomic E-state index is -6.40. The van der Waals surface area contributed by atoms with Crippen LogP contribution in [0.25, 0.3) is 11.1 Å². The van der Waals surface area contributed by atoms with Gasteiger partial charge in [0, 0.05) is 20.5 Å². The predicted molar refractivity (Wildman–Crippen MR) is 93.2 cm³/mol. The highest BCUT2D eigenvalue weighted by Crippen LogP contribution is 2.55. The van der Waals surface area contributed by atoms with E-state index in [-0.39, 0.29) is 21.2 Å². The van der Waals surface area contributed by atoms with Crippen molar-refractivity contribution in [2.75, 3.05) is 0 Å². The third kappa shape index (κ3) is 4.32. The Morgan fingerprint density at radius 1 is 0.852 bits per heavy atom. The molecule has 0 amide bonds. The van der Waals surface area contributed by atoms with E-state index in [1.807, 2.05) is 0 Å². The SMILES string of the molecule is Cc1cc(C)c(-c2ccc(Cl)cc2Cl)c(SC(F)(F)C(F)(F)C(F)(F)F)c1. The fourth-order valence-corrected chi connectivity index (χ4v) is 4.05. The summed E-state index contributed by atoms with van der Waals surface area (Å²) in [5.41, 5.74) is 1.01. The Bertz CT molecular complexity index is 863. The van der Waals surface area contributed by atoms with Crippen LogP contribution < -0.4 is 0 Å². The zero-order valence-electron chi connectivity index (χ0n) is 13.7. The largest absolute Gasteiger partial charge is 0.460 e. The van der Waals surface area contributed by atoms with Gasteiger partial charge >= 0.3 is 17.4 Å². The summed E-state index contributed by atoms with van der Waals surface area (Å²) < 4.78 is 91.9. The number of thioether (sulfide) groups is 1. The molecule has 0 saturated carbocycles. The molecule has 0 aliphatic heterocycles. The maximum atomic E-state index is 13.9. The molecule has 0 heterocycles. The average molecular weight is 451 g/mol. The molecule has 0 bridgehead atoms. The number of benzene rings is 2. The molecule has 2 aromatic carbocycles. The van der Waals surface area contributed by atoms with Crippen molar-refractivity contribution in [3.8, 4) is 11.1 Å². The topological polar surface area (TPSA) is 0 Å². The molecule has 10 heteroatoms. The summed E-state index contributed by atoms with van der Waals surface area (Å²) in [6, 6.07) is 6.78. The number of rotatable bonds is 4. The summed E-state index contributed by atoms with van der Waals surface area (Å²) in [4.78, 5) is -0.453. The third-order valence-corrected chi connectivity index (χ3v) is 5.21. The molecule has 0 aliphatic carbocycles. The van der Waals surface area contributed by atoms with Gasteiger partial charge in [0.05, 0.1) is 0 Å². The van der Waals surface area contributed by atoms with Crippen LogP contribution in [0.15, 0.2) is 35.2 Å². The van der Waals surface area contributed by atoms with Gasteiger partial charge in [-0.05, 0) is 60.5 Å². The van der Waals surface area contributed by atoms with E-state index in [1.54, 1.807) is 6.07 Å². The van der Waals surface area contributed by atoms with E-state index in [9.17, 15) is 30.7 Å². The molecule has 0 saturated heterocycles. The average Bonchev–Trinajstić information content (AvgIpc) is 2.46. The summed E-state index contributed by atoms with van der Waals surface area (Å²) in [6.45, 7) is 3.02. The van der Waals surface area contributed by atoms with Crippen LogP contribution in [0, 0.1) is 13.8 Å². The highest BCUT2D eigenvalue weighted by molar-refractivity contribution is 8.00. The Hall–Kier alpha value is -1.12. The molecular formula is C17H11Cl2F7S. The van der Waals surface area contributed by atoms with Crippen molar-refractivity contribution in [3.05, 3.63) is 51.5 Å². The van der Waals surface area contributed by atoms with Crippen molar-refractivity contribution in [2.45, 2.75) is 36.1 Å². The van der Waals surface area contributed by atoms with Crippen LogP contribution in [0.1, 0.15) is 11.1 Å². The molecule has 0 fully saturated rings. The van der Waals surface area contributed by atoms with Crippen LogP contribution in [-0.4, -0.2) is 17.4 Å². The predicted octanol–water partition coefficient (Wildman–Crippen LogP) is 8.16. The van der Waals surface area contributed by atoms with Crippen LogP contribution in [0.3, 0.4) is 0 Å². The van der Waals surface area contributed by atoms with E-state index in [4.69, 9.17) is 23.2 Å². The Morgan fingerprint density at radius 3 is 1.96 bits per heavy atom. The van der Waals surface area contributed by atoms with Gasteiger partial charge in [-0.25, -0.2) is 0 Å². The van der Waals surface area contributed by atoms with E-state index in [0.29, 0.717) is 11.1 Å². The Labute approximate surface area is 164 Å². The molecule has 0 radical (unpaired) electrons. The molecule has 0 aromatic heterocycles. The molecule has 0 unspecified atom stereocenters. The van der Waals surface area contributed by atoms with Crippen molar-refractivity contribution in [1.29, 1.82) is 0 Å². The van der Waals surface area contributed by atoms with Gasteiger partial charge in [0.2, 0.25) is 0 Å². The molecule has 0 atom stereocenters. The maximum Gasteiger partial charge on any atom is 0.460 e. The van der Waals surface area contributed by atoms with E-state index >= 15 is 0 Å². The quantitative estimate of drug-likeness (QED) is 0.334. The second-order valence-electron chi connectivity index (χ2n) is 5.77.